The normalized spacial score (nSPS) is 20.5. The van der Waals surface area contributed by atoms with Crippen molar-refractivity contribution in [3.05, 3.63) is 77.8 Å². The molecule has 0 N–H and O–H groups in total. The van der Waals surface area contributed by atoms with Crippen molar-refractivity contribution < 1.29 is 18.7 Å². The topological polar surface area (TPSA) is 56.5 Å². The summed E-state index contributed by atoms with van der Waals surface area (Å²) in [4.78, 5) is 25.0. The molecule has 0 fully saturated rings. The molecule has 0 radical (unpaired) electrons. The van der Waals surface area contributed by atoms with Gasteiger partial charge >= 0.3 is 5.97 Å². The molecule has 4 nitrogen and oxygen atoms in total. The Balaban J connectivity index is 1.90. The Morgan fingerprint density at radius 2 is 2.00 bits per heavy atom. The second kappa shape index (κ2) is 7.79. The van der Waals surface area contributed by atoms with Crippen LogP contribution in [0.15, 0.2) is 70.9 Å². The Morgan fingerprint density at radius 1 is 1.20 bits per heavy atom. The SMILES string of the molecule is CCOC(=O)C1C(=O)C=C(/C=C/c2ccco2)CC1c1ccccc1. The zero-order valence-corrected chi connectivity index (χ0v) is 14.1. The van der Waals surface area contributed by atoms with Gasteiger partial charge in [-0.2, -0.15) is 0 Å². The van der Waals surface area contributed by atoms with Crippen LogP contribution in [0.2, 0.25) is 0 Å². The van der Waals surface area contributed by atoms with Gasteiger partial charge in [0.05, 0.1) is 12.9 Å². The van der Waals surface area contributed by atoms with Crippen molar-refractivity contribution in [2.45, 2.75) is 19.3 Å². The maximum Gasteiger partial charge on any atom is 0.317 e. The highest BCUT2D eigenvalue weighted by molar-refractivity contribution is 6.07. The van der Waals surface area contributed by atoms with E-state index in [0.29, 0.717) is 6.42 Å². The van der Waals surface area contributed by atoms with Crippen LogP contribution in [0.4, 0.5) is 0 Å². The third-order valence-corrected chi connectivity index (χ3v) is 4.27. The number of carbonyl (C=O) groups excluding carboxylic acids is 2. The van der Waals surface area contributed by atoms with Crippen molar-refractivity contribution in [3.63, 3.8) is 0 Å². The van der Waals surface area contributed by atoms with Gasteiger partial charge in [0.2, 0.25) is 0 Å². The lowest BCUT2D eigenvalue weighted by Gasteiger charge is -2.28. The number of furan rings is 1. The van der Waals surface area contributed by atoms with E-state index in [1.54, 1.807) is 19.3 Å². The minimum Gasteiger partial charge on any atom is -0.465 e. The second-order valence-electron chi connectivity index (χ2n) is 5.92. The van der Waals surface area contributed by atoms with Crippen LogP contribution in [0.3, 0.4) is 0 Å². The zero-order chi connectivity index (χ0) is 17.6. The summed E-state index contributed by atoms with van der Waals surface area (Å²) in [5.74, 6) is -0.960. The first-order valence-electron chi connectivity index (χ1n) is 8.36. The summed E-state index contributed by atoms with van der Waals surface area (Å²) in [5, 5.41) is 0. The lowest BCUT2D eigenvalue weighted by molar-refractivity contribution is -0.151. The van der Waals surface area contributed by atoms with Gasteiger partial charge in [0.25, 0.3) is 0 Å². The van der Waals surface area contributed by atoms with Gasteiger partial charge < -0.3 is 9.15 Å². The lowest BCUT2D eigenvalue weighted by Crippen LogP contribution is -2.34. The molecule has 4 heteroatoms. The molecule has 0 bridgehead atoms. The number of esters is 1. The molecule has 128 valence electrons. The van der Waals surface area contributed by atoms with E-state index < -0.39 is 11.9 Å². The molecule has 2 atom stereocenters. The van der Waals surface area contributed by atoms with Gasteiger partial charge in [-0.1, -0.05) is 36.4 Å². The molecule has 0 aliphatic heterocycles. The molecule has 1 aliphatic rings. The third kappa shape index (κ3) is 3.97. The Hall–Kier alpha value is -2.88. The van der Waals surface area contributed by atoms with Gasteiger partial charge in [0, 0.05) is 5.92 Å². The molecule has 3 rings (SSSR count). The van der Waals surface area contributed by atoms with E-state index in [-0.39, 0.29) is 18.3 Å². The lowest BCUT2D eigenvalue weighted by atomic mass is 9.75. The van der Waals surface area contributed by atoms with E-state index in [2.05, 4.69) is 0 Å². The number of allylic oxidation sites excluding steroid dienone is 3. The second-order valence-corrected chi connectivity index (χ2v) is 5.92. The number of carbonyl (C=O) groups is 2. The van der Waals surface area contributed by atoms with Crippen LogP contribution in [-0.4, -0.2) is 18.4 Å². The van der Waals surface area contributed by atoms with Crippen LogP contribution in [0.1, 0.15) is 30.6 Å². The maximum absolute atomic E-state index is 12.6. The third-order valence-electron chi connectivity index (χ3n) is 4.27. The molecular weight excluding hydrogens is 316 g/mol. The minimum atomic E-state index is -0.789. The fraction of sp³-hybridized carbons (Fsp3) is 0.238. The van der Waals surface area contributed by atoms with Gasteiger partial charge in [-0.3, -0.25) is 9.59 Å². The Labute approximate surface area is 146 Å². The number of ether oxygens (including phenoxy) is 1. The van der Waals surface area contributed by atoms with Crippen molar-refractivity contribution in [1.82, 2.24) is 0 Å². The predicted octanol–water partition coefficient (Wildman–Crippen LogP) is 4.16. The van der Waals surface area contributed by atoms with Crippen LogP contribution in [0.5, 0.6) is 0 Å². The number of hydrogen-bond acceptors (Lipinski definition) is 4. The van der Waals surface area contributed by atoms with Gasteiger partial charge in [0.1, 0.15) is 11.7 Å². The Kier molecular flexibility index (Phi) is 5.29. The van der Waals surface area contributed by atoms with E-state index in [1.165, 1.54) is 0 Å². The Bertz CT molecular complexity index is 785. The van der Waals surface area contributed by atoms with Crippen LogP contribution in [-0.2, 0) is 14.3 Å². The molecule has 0 spiro atoms. The molecule has 2 aromatic rings. The van der Waals surface area contributed by atoms with Crippen molar-refractivity contribution in [3.8, 4) is 0 Å². The summed E-state index contributed by atoms with van der Waals surface area (Å²) < 4.78 is 10.4. The summed E-state index contributed by atoms with van der Waals surface area (Å²) in [6.45, 7) is 2.01. The molecule has 0 amide bonds. The zero-order valence-electron chi connectivity index (χ0n) is 14.1. The quantitative estimate of drug-likeness (QED) is 0.608. The standard InChI is InChI=1S/C21H20O4/c1-2-24-21(23)20-18(16-7-4-3-5-8-16)13-15(14-19(20)22)10-11-17-9-6-12-25-17/h3-12,14,18,20H,2,13H2,1H3/b11-10+. The molecule has 2 unspecified atom stereocenters. The summed E-state index contributed by atoms with van der Waals surface area (Å²) in [6.07, 6.45) is 7.43. The van der Waals surface area contributed by atoms with Crippen molar-refractivity contribution >= 4 is 17.8 Å². The molecule has 1 heterocycles. The van der Waals surface area contributed by atoms with E-state index in [0.717, 1.165) is 16.9 Å². The monoisotopic (exact) mass is 336 g/mol. The summed E-state index contributed by atoms with van der Waals surface area (Å²) >= 11 is 0. The molecule has 1 aromatic carbocycles. The smallest absolute Gasteiger partial charge is 0.317 e. The number of ketones is 1. The maximum atomic E-state index is 12.6. The van der Waals surface area contributed by atoms with Gasteiger partial charge in [-0.05, 0) is 48.8 Å². The fourth-order valence-electron chi connectivity index (χ4n) is 3.12. The molecule has 0 saturated heterocycles. The molecule has 1 aliphatic carbocycles. The summed E-state index contributed by atoms with van der Waals surface area (Å²) in [5.41, 5.74) is 1.83. The minimum absolute atomic E-state index is 0.211. The highest BCUT2D eigenvalue weighted by Gasteiger charge is 2.38. The highest BCUT2D eigenvalue weighted by atomic mass is 16.5. The first-order valence-corrected chi connectivity index (χ1v) is 8.36. The van der Waals surface area contributed by atoms with Gasteiger partial charge in [-0.15, -0.1) is 0 Å². The van der Waals surface area contributed by atoms with Crippen LogP contribution < -0.4 is 0 Å². The van der Waals surface area contributed by atoms with Gasteiger partial charge in [-0.25, -0.2) is 0 Å². The Morgan fingerprint density at radius 3 is 2.68 bits per heavy atom. The first-order chi connectivity index (χ1) is 12.2. The number of rotatable bonds is 5. The molecule has 1 aromatic heterocycles. The van der Waals surface area contributed by atoms with E-state index >= 15 is 0 Å². The van der Waals surface area contributed by atoms with E-state index in [4.69, 9.17) is 9.15 Å². The van der Waals surface area contributed by atoms with Crippen LogP contribution in [0.25, 0.3) is 6.08 Å². The summed E-state index contributed by atoms with van der Waals surface area (Å²) in [7, 11) is 0. The van der Waals surface area contributed by atoms with Gasteiger partial charge in [0.15, 0.2) is 5.78 Å². The van der Waals surface area contributed by atoms with Crippen molar-refractivity contribution in [1.29, 1.82) is 0 Å². The highest BCUT2D eigenvalue weighted by Crippen LogP contribution is 2.37. The average Bonchev–Trinajstić information content (AvgIpc) is 3.14. The average molecular weight is 336 g/mol. The fourth-order valence-corrected chi connectivity index (χ4v) is 3.12. The van der Waals surface area contributed by atoms with Crippen molar-refractivity contribution in [2.75, 3.05) is 6.61 Å². The van der Waals surface area contributed by atoms with E-state index in [9.17, 15) is 9.59 Å². The number of hydrogen-bond donors (Lipinski definition) is 0. The molecular formula is C21H20O4. The number of benzene rings is 1. The largest absolute Gasteiger partial charge is 0.465 e. The molecule has 25 heavy (non-hydrogen) atoms. The van der Waals surface area contributed by atoms with Crippen LogP contribution >= 0.6 is 0 Å². The first kappa shape index (κ1) is 17.0. The van der Waals surface area contributed by atoms with E-state index in [1.807, 2.05) is 54.6 Å². The summed E-state index contributed by atoms with van der Waals surface area (Å²) in [6, 6.07) is 13.3. The predicted molar refractivity (Wildman–Crippen MR) is 94.8 cm³/mol. The molecule has 0 saturated carbocycles. The van der Waals surface area contributed by atoms with Crippen molar-refractivity contribution in [2.24, 2.45) is 5.92 Å². The van der Waals surface area contributed by atoms with Crippen LogP contribution in [0, 0.1) is 5.92 Å².